The van der Waals surface area contributed by atoms with Gasteiger partial charge in [-0.15, -0.1) is 0 Å². The van der Waals surface area contributed by atoms with Gasteiger partial charge in [-0.3, -0.25) is 9.36 Å². The SMILES string of the molecule is CCCCCCCCCc1cccc2c1ccn2C(C)=O. The number of nitrogens with zero attached hydrogens (tertiary/aromatic N) is 1. The number of carbonyl (C=O) groups is 1. The van der Waals surface area contributed by atoms with Gasteiger partial charge in [0.15, 0.2) is 0 Å². The lowest BCUT2D eigenvalue weighted by Crippen LogP contribution is -2.02. The summed E-state index contributed by atoms with van der Waals surface area (Å²) in [5, 5.41) is 1.23. The number of rotatable bonds is 8. The second kappa shape index (κ2) is 8.02. The number of hydrogen-bond donors (Lipinski definition) is 0. The van der Waals surface area contributed by atoms with E-state index in [1.54, 1.807) is 11.5 Å². The van der Waals surface area contributed by atoms with Gasteiger partial charge in [0.1, 0.15) is 0 Å². The predicted octanol–water partition coefficient (Wildman–Crippen LogP) is 5.59. The zero-order chi connectivity index (χ0) is 15.1. The Morgan fingerprint density at radius 3 is 2.43 bits per heavy atom. The molecule has 0 aliphatic heterocycles. The first kappa shape index (κ1) is 15.8. The van der Waals surface area contributed by atoms with Crippen LogP contribution in [0.15, 0.2) is 30.5 Å². The summed E-state index contributed by atoms with van der Waals surface area (Å²) in [5.41, 5.74) is 2.42. The monoisotopic (exact) mass is 285 g/mol. The summed E-state index contributed by atoms with van der Waals surface area (Å²) in [6.07, 6.45) is 12.4. The Morgan fingerprint density at radius 2 is 1.71 bits per heavy atom. The lowest BCUT2D eigenvalue weighted by molar-refractivity contribution is 0.0941. The van der Waals surface area contributed by atoms with Crippen molar-refractivity contribution in [3.05, 3.63) is 36.0 Å². The maximum atomic E-state index is 11.6. The molecule has 21 heavy (non-hydrogen) atoms. The van der Waals surface area contributed by atoms with Crippen LogP contribution >= 0.6 is 0 Å². The molecule has 0 aliphatic carbocycles. The van der Waals surface area contributed by atoms with Crippen LogP contribution < -0.4 is 0 Å². The van der Waals surface area contributed by atoms with E-state index >= 15 is 0 Å². The van der Waals surface area contributed by atoms with Crippen LogP contribution in [0.2, 0.25) is 0 Å². The van der Waals surface area contributed by atoms with E-state index in [4.69, 9.17) is 0 Å². The topological polar surface area (TPSA) is 22.0 Å². The third-order valence-electron chi connectivity index (χ3n) is 4.21. The first-order chi connectivity index (χ1) is 10.2. The summed E-state index contributed by atoms with van der Waals surface area (Å²) < 4.78 is 1.74. The fourth-order valence-corrected chi connectivity index (χ4v) is 3.00. The van der Waals surface area contributed by atoms with Crippen LogP contribution in [0.5, 0.6) is 0 Å². The third-order valence-corrected chi connectivity index (χ3v) is 4.21. The van der Waals surface area contributed by atoms with E-state index in [-0.39, 0.29) is 5.91 Å². The molecule has 0 bridgehead atoms. The van der Waals surface area contributed by atoms with Crippen molar-refractivity contribution in [2.75, 3.05) is 0 Å². The molecule has 0 saturated carbocycles. The Hall–Kier alpha value is -1.57. The van der Waals surface area contributed by atoms with Gasteiger partial charge >= 0.3 is 0 Å². The van der Waals surface area contributed by atoms with Crippen molar-refractivity contribution in [3.8, 4) is 0 Å². The van der Waals surface area contributed by atoms with Crippen molar-refractivity contribution >= 4 is 16.8 Å². The van der Waals surface area contributed by atoms with E-state index in [0.717, 1.165) is 11.9 Å². The molecule has 0 amide bonds. The van der Waals surface area contributed by atoms with Gasteiger partial charge < -0.3 is 0 Å². The third kappa shape index (κ3) is 4.20. The molecule has 2 aromatic rings. The molecule has 0 atom stereocenters. The lowest BCUT2D eigenvalue weighted by Gasteiger charge is -2.05. The minimum Gasteiger partial charge on any atom is -0.287 e. The van der Waals surface area contributed by atoms with Crippen LogP contribution in [0.25, 0.3) is 10.9 Å². The minimum absolute atomic E-state index is 0.0816. The number of hydrogen-bond acceptors (Lipinski definition) is 1. The molecule has 2 heteroatoms. The predicted molar refractivity (Wildman–Crippen MR) is 89.9 cm³/mol. The van der Waals surface area contributed by atoms with Crippen molar-refractivity contribution in [1.29, 1.82) is 0 Å². The lowest BCUT2D eigenvalue weighted by atomic mass is 10.0. The molecule has 0 aliphatic rings. The molecule has 114 valence electrons. The molecule has 0 N–H and O–H groups in total. The second-order valence-electron chi connectivity index (χ2n) is 5.93. The van der Waals surface area contributed by atoms with Crippen molar-refractivity contribution in [1.82, 2.24) is 4.57 Å². The summed E-state index contributed by atoms with van der Waals surface area (Å²) in [7, 11) is 0. The molecule has 0 radical (unpaired) electrons. The molecule has 1 heterocycles. The van der Waals surface area contributed by atoms with Crippen molar-refractivity contribution in [2.45, 2.75) is 65.2 Å². The summed E-state index contributed by atoms with van der Waals surface area (Å²) in [6, 6.07) is 8.38. The number of benzene rings is 1. The van der Waals surface area contributed by atoms with Crippen LogP contribution in [0, 0.1) is 0 Å². The Labute approximate surface area is 128 Å². The van der Waals surface area contributed by atoms with Crippen LogP contribution in [0.4, 0.5) is 0 Å². The smallest absolute Gasteiger partial charge is 0.227 e. The second-order valence-corrected chi connectivity index (χ2v) is 5.93. The van der Waals surface area contributed by atoms with Gasteiger partial charge in [-0.25, -0.2) is 0 Å². The van der Waals surface area contributed by atoms with E-state index in [2.05, 4.69) is 25.1 Å². The molecular weight excluding hydrogens is 258 g/mol. The van der Waals surface area contributed by atoms with Crippen molar-refractivity contribution in [3.63, 3.8) is 0 Å². The van der Waals surface area contributed by atoms with Crippen LogP contribution in [-0.2, 0) is 6.42 Å². The molecule has 2 nitrogen and oxygen atoms in total. The highest BCUT2D eigenvalue weighted by Gasteiger charge is 2.07. The minimum atomic E-state index is 0.0816. The summed E-state index contributed by atoms with van der Waals surface area (Å²) >= 11 is 0. The Balaban J connectivity index is 1.89. The highest BCUT2D eigenvalue weighted by molar-refractivity contribution is 5.93. The first-order valence-electron chi connectivity index (χ1n) is 8.34. The number of aromatic nitrogens is 1. The standard InChI is InChI=1S/C19H27NO/c1-3-4-5-6-7-8-9-11-17-12-10-13-19-18(17)14-15-20(19)16(2)21/h10,12-15H,3-9,11H2,1-2H3. The zero-order valence-electron chi connectivity index (χ0n) is 13.4. The molecule has 0 spiro atoms. The number of unbranched alkanes of at least 4 members (excludes halogenated alkanes) is 6. The summed E-state index contributed by atoms with van der Waals surface area (Å²) in [6.45, 7) is 3.87. The fraction of sp³-hybridized carbons (Fsp3) is 0.526. The van der Waals surface area contributed by atoms with Gasteiger partial charge in [0, 0.05) is 18.5 Å². The molecular formula is C19H27NO. The first-order valence-corrected chi connectivity index (χ1v) is 8.34. The number of aryl methyl sites for hydroxylation is 1. The van der Waals surface area contributed by atoms with Gasteiger partial charge in [-0.1, -0.05) is 57.6 Å². The average molecular weight is 285 g/mol. The quantitative estimate of drug-likeness (QED) is 0.579. The Bertz CT molecular complexity index is 582. The maximum absolute atomic E-state index is 11.6. The normalized spacial score (nSPS) is 11.1. The average Bonchev–Trinajstić information content (AvgIpc) is 2.91. The van der Waals surface area contributed by atoms with E-state index in [1.807, 2.05) is 12.3 Å². The van der Waals surface area contributed by atoms with Gasteiger partial charge in [0.05, 0.1) is 5.52 Å². The van der Waals surface area contributed by atoms with Gasteiger partial charge in [0.2, 0.25) is 5.91 Å². The Morgan fingerprint density at radius 1 is 1.00 bits per heavy atom. The zero-order valence-corrected chi connectivity index (χ0v) is 13.4. The number of carbonyl (C=O) groups excluding carboxylic acids is 1. The van der Waals surface area contributed by atoms with Crippen LogP contribution in [0.1, 0.15) is 69.2 Å². The molecule has 2 rings (SSSR count). The van der Waals surface area contributed by atoms with Crippen LogP contribution in [0.3, 0.4) is 0 Å². The highest BCUT2D eigenvalue weighted by Crippen LogP contribution is 2.22. The molecule has 1 aromatic heterocycles. The van der Waals surface area contributed by atoms with E-state index in [0.29, 0.717) is 0 Å². The maximum Gasteiger partial charge on any atom is 0.227 e. The molecule has 1 aromatic carbocycles. The van der Waals surface area contributed by atoms with E-state index < -0.39 is 0 Å². The molecule has 0 unspecified atom stereocenters. The van der Waals surface area contributed by atoms with Crippen molar-refractivity contribution < 1.29 is 4.79 Å². The molecule has 0 saturated heterocycles. The van der Waals surface area contributed by atoms with E-state index in [1.165, 1.54) is 55.9 Å². The Kier molecular flexibility index (Phi) is 6.04. The van der Waals surface area contributed by atoms with Crippen LogP contribution in [-0.4, -0.2) is 10.5 Å². The molecule has 0 fully saturated rings. The van der Waals surface area contributed by atoms with Gasteiger partial charge in [0.25, 0.3) is 0 Å². The summed E-state index contributed by atoms with van der Waals surface area (Å²) in [4.78, 5) is 11.6. The largest absolute Gasteiger partial charge is 0.287 e. The highest BCUT2D eigenvalue weighted by atomic mass is 16.1. The van der Waals surface area contributed by atoms with Crippen molar-refractivity contribution in [2.24, 2.45) is 0 Å². The fourth-order valence-electron chi connectivity index (χ4n) is 3.00. The van der Waals surface area contributed by atoms with Gasteiger partial charge in [-0.2, -0.15) is 0 Å². The summed E-state index contributed by atoms with van der Waals surface area (Å²) in [5.74, 6) is 0.0816. The van der Waals surface area contributed by atoms with Gasteiger partial charge in [-0.05, 0) is 30.5 Å². The number of fused-ring (bicyclic) bond motifs is 1. The van der Waals surface area contributed by atoms with E-state index in [9.17, 15) is 4.79 Å².